The molecule has 0 atom stereocenters. The van der Waals surface area contributed by atoms with Gasteiger partial charge in [0, 0.05) is 0 Å². The Bertz CT molecular complexity index is 454. The summed E-state index contributed by atoms with van der Waals surface area (Å²) in [5.74, 6) is 0.00755. The molecule has 0 fully saturated rings. The molecule has 0 rings (SSSR count). The zero-order valence-corrected chi connectivity index (χ0v) is 14.4. The minimum absolute atomic E-state index is 0.00755. The lowest BCUT2D eigenvalue weighted by molar-refractivity contribution is -0.120. The Kier molecular flexibility index (Phi) is 12.1. The highest BCUT2D eigenvalue weighted by Crippen LogP contribution is 2.28. The van der Waals surface area contributed by atoms with E-state index in [1.807, 2.05) is 58.9 Å². The lowest BCUT2D eigenvalue weighted by atomic mass is 9.80. The van der Waals surface area contributed by atoms with E-state index in [-0.39, 0.29) is 5.78 Å². The number of rotatable bonds is 6. The summed E-state index contributed by atoms with van der Waals surface area (Å²) in [5.41, 5.74) is 1.69. The molecule has 0 unspecified atom stereocenters. The number of ketones is 1. The van der Waals surface area contributed by atoms with Crippen molar-refractivity contribution in [2.45, 2.75) is 41.5 Å². The van der Waals surface area contributed by atoms with Gasteiger partial charge in [-0.1, -0.05) is 61.3 Å². The summed E-state index contributed by atoms with van der Waals surface area (Å²) >= 11 is 0. The van der Waals surface area contributed by atoms with Gasteiger partial charge in [0.15, 0.2) is 5.78 Å². The minimum Gasteiger partial charge on any atom is -0.294 e. The van der Waals surface area contributed by atoms with Gasteiger partial charge in [-0.15, -0.1) is 0 Å². The van der Waals surface area contributed by atoms with Crippen LogP contribution < -0.4 is 0 Å². The Balaban J connectivity index is 0. The van der Waals surface area contributed by atoms with Gasteiger partial charge in [0.25, 0.3) is 0 Å². The van der Waals surface area contributed by atoms with Crippen LogP contribution in [0.25, 0.3) is 0 Å². The van der Waals surface area contributed by atoms with Crippen molar-refractivity contribution < 1.29 is 4.79 Å². The smallest absolute Gasteiger partial charge is 0.165 e. The number of allylic oxidation sites excluding steroid dienone is 10. The first-order chi connectivity index (χ1) is 9.81. The first-order valence-corrected chi connectivity index (χ1v) is 7.20. The number of carbonyl (C=O) groups is 1. The predicted molar refractivity (Wildman–Crippen MR) is 96.3 cm³/mol. The van der Waals surface area contributed by atoms with Crippen LogP contribution in [0.3, 0.4) is 0 Å². The van der Waals surface area contributed by atoms with E-state index in [1.54, 1.807) is 6.08 Å². The third kappa shape index (κ3) is 8.80. The Labute approximate surface area is 131 Å². The van der Waals surface area contributed by atoms with Gasteiger partial charge >= 0.3 is 0 Å². The molecule has 0 aromatic rings. The van der Waals surface area contributed by atoms with Crippen LogP contribution in [0.4, 0.5) is 0 Å². The summed E-state index contributed by atoms with van der Waals surface area (Å²) in [6.45, 7) is 19.0. The molecular weight excluding hydrogens is 256 g/mol. The second-order valence-electron chi connectivity index (χ2n) is 5.08. The molecule has 0 N–H and O–H groups in total. The Hall–Kier alpha value is -1.89. The van der Waals surface area contributed by atoms with Gasteiger partial charge in [0.2, 0.25) is 0 Å². The van der Waals surface area contributed by atoms with Gasteiger partial charge in [-0.2, -0.15) is 0 Å². The second-order valence-corrected chi connectivity index (χ2v) is 5.08. The zero-order chi connectivity index (χ0) is 16.9. The van der Waals surface area contributed by atoms with E-state index in [0.717, 1.165) is 5.57 Å². The molecule has 0 aliphatic rings. The van der Waals surface area contributed by atoms with Gasteiger partial charge in [-0.3, -0.25) is 4.79 Å². The maximum absolute atomic E-state index is 11.6. The van der Waals surface area contributed by atoms with Crippen molar-refractivity contribution >= 4 is 5.78 Å². The fourth-order valence-corrected chi connectivity index (χ4v) is 1.49. The van der Waals surface area contributed by atoms with E-state index in [4.69, 9.17) is 0 Å². The Morgan fingerprint density at radius 1 is 1.00 bits per heavy atom. The molecule has 0 aromatic heterocycles. The molecule has 1 nitrogen and oxygen atoms in total. The standard InChI is InChI=1S/C13H18O.C7H12/c1-6-9-10-11(7-2)13(4,5)12(14)8-3;1-4-6-7(3)5-2/h6-10H,2-3H2,1,4-5H3;4-6H,1-3H3/b9-6-,11-10+;6-4-,7-5-. The zero-order valence-electron chi connectivity index (χ0n) is 14.4. The predicted octanol–water partition coefficient (Wildman–Crippen LogP) is 5.98. The quantitative estimate of drug-likeness (QED) is 0.433. The van der Waals surface area contributed by atoms with Crippen LogP contribution in [0.15, 0.2) is 72.9 Å². The fraction of sp³-hybridized carbons (Fsp3) is 0.350. The third-order valence-electron chi connectivity index (χ3n) is 3.10. The highest BCUT2D eigenvalue weighted by molar-refractivity contribution is 5.96. The molecule has 0 radical (unpaired) electrons. The number of carbonyl (C=O) groups excluding carboxylic acids is 1. The van der Waals surface area contributed by atoms with Crippen LogP contribution in [0.2, 0.25) is 0 Å². The van der Waals surface area contributed by atoms with Crippen LogP contribution >= 0.6 is 0 Å². The lowest BCUT2D eigenvalue weighted by Gasteiger charge is -2.22. The third-order valence-corrected chi connectivity index (χ3v) is 3.10. The molecular formula is C20H30O. The number of hydrogen-bond donors (Lipinski definition) is 0. The second kappa shape index (κ2) is 11.9. The molecule has 0 saturated heterocycles. The van der Waals surface area contributed by atoms with Gasteiger partial charge in [0.05, 0.1) is 5.41 Å². The van der Waals surface area contributed by atoms with Crippen LogP contribution in [0, 0.1) is 5.41 Å². The van der Waals surface area contributed by atoms with Crippen molar-refractivity contribution in [1.29, 1.82) is 0 Å². The van der Waals surface area contributed by atoms with E-state index < -0.39 is 5.41 Å². The summed E-state index contributed by atoms with van der Waals surface area (Å²) in [6, 6.07) is 0. The molecule has 21 heavy (non-hydrogen) atoms. The maximum Gasteiger partial charge on any atom is 0.165 e. The topological polar surface area (TPSA) is 17.1 Å². The highest BCUT2D eigenvalue weighted by Gasteiger charge is 2.27. The average Bonchev–Trinajstić information content (AvgIpc) is 2.47. The van der Waals surface area contributed by atoms with Crippen LogP contribution in [-0.4, -0.2) is 5.78 Å². The Morgan fingerprint density at radius 3 is 1.86 bits per heavy atom. The monoisotopic (exact) mass is 286 g/mol. The van der Waals surface area contributed by atoms with Crippen molar-refractivity contribution in [3.8, 4) is 0 Å². The molecule has 0 aromatic carbocycles. The largest absolute Gasteiger partial charge is 0.294 e. The molecule has 0 spiro atoms. The molecule has 0 aliphatic heterocycles. The number of hydrogen-bond acceptors (Lipinski definition) is 1. The first kappa shape index (κ1) is 21.4. The maximum atomic E-state index is 11.6. The van der Waals surface area contributed by atoms with Gasteiger partial charge in [-0.05, 0) is 53.2 Å². The van der Waals surface area contributed by atoms with E-state index >= 15 is 0 Å². The van der Waals surface area contributed by atoms with Crippen LogP contribution in [0.1, 0.15) is 41.5 Å². The summed E-state index contributed by atoms with van der Waals surface area (Å²) in [7, 11) is 0. The molecule has 1 heteroatoms. The summed E-state index contributed by atoms with van der Waals surface area (Å²) in [6.07, 6.45) is 15.0. The first-order valence-electron chi connectivity index (χ1n) is 7.20. The normalized spacial score (nSPS) is 13.0. The molecule has 0 amide bonds. The molecule has 0 aliphatic carbocycles. The Morgan fingerprint density at radius 2 is 1.57 bits per heavy atom. The van der Waals surface area contributed by atoms with Crippen molar-refractivity contribution in [3.63, 3.8) is 0 Å². The van der Waals surface area contributed by atoms with Crippen LogP contribution in [-0.2, 0) is 4.79 Å². The van der Waals surface area contributed by atoms with Crippen molar-refractivity contribution in [2.24, 2.45) is 5.41 Å². The summed E-state index contributed by atoms with van der Waals surface area (Å²) < 4.78 is 0. The van der Waals surface area contributed by atoms with E-state index in [9.17, 15) is 4.79 Å². The minimum atomic E-state index is -0.539. The SMILES string of the molecule is C/C=C\C(C)=C/C.C=CC(=O)C(C)(C)/C(C=C)=C/C=C\C. The van der Waals surface area contributed by atoms with Gasteiger partial charge in [0.1, 0.15) is 0 Å². The van der Waals surface area contributed by atoms with E-state index in [1.165, 1.54) is 11.6 Å². The van der Waals surface area contributed by atoms with Crippen molar-refractivity contribution in [3.05, 3.63) is 72.9 Å². The molecule has 0 bridgehead atoms. The van der Waals surface area contributed by atoms with Crippen LogP contribution in [0.5, 0.6) is 0 Å². The summed E-state index contributed by atoms with van der Waals surface area (Å²) in [5, 5.41) is 0. The van der Waals surface area contributed by atoms with Crippen molar-refractivity contribution in [2.75, 3.05) is 0 Å². The van der Waals surface area contributed by atoms with Gasteiger partial charge in [-0.25, -0.2) is 0 Å². The average molecular weight is 286 g/mol. The fourth-order valence-electron chi connectivity index (χ4n) is 1.49. The highest BCUT2D eigenvalue weighted by atomic mass is 16.1. The van der Waals surface area contributed by atoms with Crippen molar-refractivity contribution in [1.82, 2.24) is 0 Å². The van der Waals surface area contributed by atoms with E-state index in [0.29, 0.717) is 0 Å². The molecule has 116 valence electrons. The van der Waals surface area contributed by atoms with E-state index in [2.05, 4.69) is 32.2 Å². The lowest BCUT2D eigenvalue weighted by Crippen LogP contribution is -2.23. The van der Waals surface area contributed by atoms with Gasteiger partial charge < -0.3 is 0 Å². The molecule has 0 heterocycles. The molecule has 0 saturated carbocycles. The summed E-state index contributed by atoms with van der Waals surface area (Å²) in [4.78, 5) is 11.6.